The maximum Gasteiger partial charge on any atom is 0.488 e. The van der Waals surface area contributed by atoms with E-state index in [9.17, 15) is 0 Å². The van der Waals surface area contributed by atoms with Gasteiger partial charge in [0.25, 0.3) is 0 Å². The van der Waals surface area contributed by atoms with Crippen molar-refractivity contribution in [2.24, 2.45) is 0 Å². The first kappa shape index (κ1) is 11.8. The Hall–Kier alpha value is -1.65. The summed E-state index contributed by atoms with van der Waals surface area (Å²) >= 11 is 0. The number of aromatic nitrogens is 1. The average Bonchev–Trinajstić information content (AvgIpc) is 2.33. The van der Waals surface area contributed by atoms with Gasteiger partial charge >= 0.3 is 7.12 Å². The molecule has 1 aromatic carbocycles. The molecule has 0 amide bonds. The summed E-state index contributed by atoms with van der Waals surface area (Å²) in [7, 11) is -1.39. The fraction of sp³-hybridized carbons (Fsp3) is 0.154. The van der Waals surface area contributed by atoms with Crippen LogP contribution in [-0.2, 0) is 6.54 Å². The molecule has 0 spiro atoms. The van der Waals surface area contributed by atoms with Crippen molar-refractivity contribution in [3.63, 3.8) is 0 Å². The molecule has 0 aliphatic carbocycles. The molecule has 1 heterocycles. The Bertz CT molecular complexity index is 480. The summed E-state index contributed by atoms with van der Waals surface area (Å²) in [5, 5.41) is 18.0. The van der Waals surface area contributed by atoms with Crippen LogP contribution in [0.3, 0.4) is 0 Å². The largest absolute Gasteiger partial charge is 0.488 e. The Labute approximate surface area is 101 Å². The van der Waals surface area contributed by atoms with Crippen LogP contribution in [0.2, 0.25) is 0 Å². The van der Waals surface area contributed by atoms with Crippen LogP contribution in [0, 0.1) is 6.92 Å². The van der Waals surface area contributed by atoms with Gasteiger partial charge in [-0.25, -0.2) is 4.57 Å². The third kappa shape index (κ3) is 3.15. The third-order valence-corrected chi connectivity index (χ3v) is 2.70. The lowest BCUT2D eigenvalue weighted by Crippen LogP contribution is -2.34. The molecular formula is C13H15BNO2+. The molecule has 0 unspecified atom stereocenters. The maximum absolute atomic E-state index is 8.99. The number of benzene rings is 1. The van der Waals surface area contributed by atoms with E-state index in [-0.39, 0.29) is 0 Å². The first-order valence-electron chi connectivity index (χ1n) is 5.56. The van der Waals surface area contributed by atoms with Gasteiger partial charge in [-0.05, 0) is 17.9 Å². The molecule has 0 saturated heterocycles. The van der Waals surface area contributed by atoms with Gasteiger partial charge in [0.2, 0.25) is 0 Å². The van der Waals surface area contributed by atoms with Crippen molar-refractivity contribution in [3.8, 4) is 0 Å². The van der Waals surface area contributed by atoms with Gasteiger partial charge in [-0.1, -0.05) is 24.3 Å². The quantitative estimate of drug-likeness (QED) is 0.574. The molecule has 0 saturated carbocycles. The van der Waals surface area contributed by atoms with E-state index in [1.165, 1.54) is 5.56 Å². The minimum atomic E-state index is -1.39. The Morgan fingerprint density at radius 2 is 1.59 bits per heavy atom. The predicted octanol–water partition coefficient (Wildman–Crippen LogP) is 0.0106. The second-order valence-electron chi connectivity index (χ2n) is 4.16. The standard InChI is InChI=1S/C13H15BNO2/c1-11-6-8-15(9-7-11)10-12-2-4-13(5-3-12)14(16)17/h2-9,16-17H,10H2,1H3/q+1. The highest BCUT2D eigenvalue weighted by atomic mass is 16.4. The molecule has 0 bridgehead atoms. The van der Waals surface area contributed by atoms with Crippen LogP contribution >= 0.6 is 0 Å². The van der Waals surface area contributed by atoms with E-state index in [1.807, 2.05) is 24.5 Å². The van der Waals surface area contributed by atoms with Crippen LogP contribution in [0.1, 0.15) is 11.1 Å². The highest BCUT2D eigenvalue weighted by Gasteiger charge is 2.10. The van der Waals surface area contributed by atoms with E-state index >= 15 is 0 Å². The Morgan fingerprint density at radius 1 is 1.00 bits per heavy atom. The van der Waals surface area contributed by atoms with Crippen molar-refractivity contribution in [2.45, 2.75) is 13.5 Å². The Balaban J connectivity index is 2.11. The summed E-state index contributed by atoms with van der Waals surface area (Å²) in [6.07, 6.45) is 4.06. The summed E-state index contributed by atoms with van der Waals surface area (Å²) in [4.78, 5) is 0. The molecule has 4 heteroatoms. The van der Waals surface area contributed by atoms with E-state index in [4.69, 9.17) is 10.0 Å². The van der Waals surface area contributed by atoms with E-state index in [1.54, 1.807) is 12.1 Å². The van der Waals surface area contributed by atoms with Gasteiger partial charge in [0.05, 0.1) is 0 Å². The molecule has 86 valence electrons. The molecule has 17 heavy (non-hydrogen) atoms. The second kappa shape index (κ2) is 5.12. The summed E-state index contributed by atoms with van der Waals surface area (Å²) < 4.78 is 2.08. The highest BCUT2D eigenvalue weighted by Crippen LogP contribution is 1.98. The van der Waals surface area contributed by atoms with Gasteiger partial charge < -0.3 is 10.0 Å². The molecule has 0 radical (unpaired) electrons. The zero-order valence-corrected chi connectivity index (χ0v) is 9.74. The number of rotatable bonds is 3. The maximum atomic E-state index is 8.99. The lowest BCUT2D eigenvalue weighted by atomic mass is 9.80. The van der Waals surface area contributed by atoms with E-state index in [0.29, 0.717) is 5.46 Å². The molecule has 2 N–H and O–H groups in total. The first-order valence-corrected chi connectivity index (χ1v) is 5.56. The Kier molecular flexibility index (Phi) is 3.56. The number of pyridine rings is 1. The van der Waals surface area contributed by atoms with Crippen LogP contribution in [0.5, 0.6) is 0 Å². The van der Waals surface area contributed by atoms with Gasteiger partial charge in [0, 0.05) is 17.7 Å². The molecule has 0 fully saturated rings. The minimum Gasteiger partial charge on any atom is -0.423 e. The summed E-state index contributed by atoms with van der Waals surface area (Å²) in [6.45, 7) is 2.84. The lowest BCUT2D eigenvalue weighted by Gasteiger charge is -2.01. The molecule has 0 aliphatic rings. The average molecular weight is 228 g/mol. The second-order valence-corrected chi connectivity index (χ2v) is 4.16. The van der Waals surface area contributed by atoms with Gasteiger partial charge in [0.1, 0.15) is 0 Å². The SMILES string of the molecule is Cc1cc[n+](Cc2ccc(B(O)O)cc2)cc1. The van der Waals surface area contributed by atoms with Crippen LogP contribution in [0.4, 0.5) is 0 Å². The first-order chi connectivity index (χ1) is 8.15. The summed E-state index contributed by atoms with van der Waals surface area (Å²) in [5.41, 5.74) is 2.88. The fourth-order valence-electron chi connectivity index (χ4n) is 1.64. The summed E-state index contributed by atoms with van der Waals surface area (Å²) in [5.74, 6) is 0. The summed E-state index contributed by atoms with van der Waals surface area (Å²) in [6, 6.07) is 11.4. The number of hydrogen-bond acceptors (Lipinski definition) is 2. The normalized spacial score (nSPS) is 10.3. The van der Waals surface area contributed by atoms with Gasteiger partial charge in [-0.3, -0.25) is 0 Å². The lowest BCUT2D eigenvalue weighted by molar-refractivity contribution is -0.688. The smallest absolute Gasteiger partial charge is 0.423 e. The molecule has 1 aromatic heterocycles. The van der Waals surface area contributed by atoms with Crippen molar-refractivity contribution in [3.05, 3.63) is 59.9 Å². The monoisotopic (exact) mass is 228 g/mol. The molecule has 0 aliphatic heterocycles. The van der Waals surface area contributed by atoms with Gasteiger partial charge in [-0.2, -0.15) is 0 Å². The molecule has 2 aromatic rings. The van der Waals surface area contributed by atoms with Crippen molar-refractivity contribution in [1.29, 1.82) is 0 Å². The molecule has 2 rings (SSSR count). The van der Waals surface area contributed by atoms with Crippen LogP contribution in [0.25, 0.3) is 0 Å². The fourth-order valence-corrected chi connectivity index (χ4v) is 1.64. The van der Waals surface area contributed by atoms with Crippen molar-refractivity contribution in [1.82, 2.24) is 0 Å². The molecule has 3 nitrogen and oxygen atoms in total. The van der Waals surface area contributed by atoms with Crippen molar-refractivity contribution in [2.75, 3.05) is 0 Å². The zero-order chi connectivity index (χ0) is 12.3. The highest BCUT2D eigenvalue weighted by molar-refractivity contribution is 6.58. The van der Waals surface area contributed by atoms with Crippen molar-refractivity contribution >= 4 is 12.6 Å². The van der Waals surface area contributed by atoms with Crippen LogP contribution in [0.15, 0.2) is 48.8 Å². The zero-order valence-electron chi connectivity index (χ0n) is 9.74. The number of nitrogens with zero attached hydrogens (tertiary/aromatic N) is 1. The minimum absolute atomic E-state index is 0.516. The van der Waals surface area contributed by atoms with Crippen LogP contribution < -0.4 is 10.0 Å². The Morgan fingerprint density at radius 3 is 2.12 bits per heavy atom. The number of aryl methyl sites for hydroxylation is 1. The van der Waals surface area contributed by atoms with E-state index in [0.717, 1.165) is 12.1 Å². The molecule has 0 atom stereocenters. The predicted molar refractivity (Wildman–Crippen MR) is 66.7 cm³/mol. The van der Waals surface area contributed by atoms with Gasteiger partial charge in [0.15, 0.2) is 18.9 Å². The van der Waals surface area contributed by atoms with Crippen LogP contribution in [-0.4, -0.2) is 17.2 Å². The molecular weight excluding hydrogens is 213 g/mol. The van der Waals surface area contributed by atoms with E-state index < -0.39 is 7.12 Å². The topological polar surface area (TPSA) is 44.3 Å². The van der Waals surface area contributed by atoms with Gasteiger partial charge in [-0.15, -0.1) is 0 Å². The van der Waals surface area contributed by atoms with E-state index in [2.05, 4.69) is 23.6 Å². The van der Waals surface area contributed by atoms with Crippen molar-refractivity contribution < 1.29 is 14.6 Å². The number of hydrogen-bond donors (Lipinski definition) is 2. The third-order valence-electron chi connectivity index (χ3n) is 2.70.